The highest BCUT2D eigenvalue weighted by molar-refractivity contribution is 7.86. The highest BCUT2D eigenvalue weighted by Gasteiger charge is 2.28. The van der Waals surface area contributed by atoms with Crippen LogP contribution in [0, 0.1) is 5.92 Å². The predicted octanol–water partition coefficient (Wildman–Crippen LogP) is 2.57. The number of carboxylic acid groups (broad SMARTS) is 1. The van der Waals surface area contributed by atoms with Crippen molar-refractivity contribution < 1.29 is 14.1 Å². The molecule has 0 amide bonds. The summed E-state index contributed by atoms with van der Waals surface area (Å²) in [4.78, 5) is 10.6. The molecule has 0 aromatic rings. The van der Waals surface area contributed by atoms with Gasteiger partial charge in [0.15, 0.2) is 0 Å². The van der Waals surface area contributed by atoms with E-state index in [1.165, 1.54) is 6.42 Å². The van der Waals surface area contributed by atoms with Crippen molar-refractivity contribution in [1.29, 1.82) is 0 Å². The molecule has 2 unspecified atom stereocenters. The van der Waals surface area contributed by atoms with Gasteiger partial charge in [0.1, 0.15) is 0 Å². The molecule has 0 aromatic heterocycles. The summed E-state index contributed by atoms with van der Waals surface area (Å²) in [5, 5.41) is 8.70. The lowest BCUT2D eigenvalue weighted by molar-refractivity contribution is -0.136. The van der Waals surface area contributed by atoms with Gasteiger partial charge in [-0.15, -0.1) is 0 Å². The lowest BCUT2D eigenvalue weighted by Crippen LogP contribution is -2.29. The van der Waals surface area contributed by atoms with Crippen molar-refractivity contribution in [2.24, 2.45) is 5.92 Å². The monoisotopic (exact) mass is 246 g/mol. The lowest BCUT2D eigenvalue weighted by Gasteiger charge is -2.28. The van der Waals surface area contributed by atoms with E-state index in [0.717, 1.165) is 31.6 Å². The molecule has 0 aromatic carbocycles. The first-order valence-electron chi connectivity index (χ1n) is 6.15. The van der Waals surface area contributed by atoms with Crippen LogP contribution < -0.4 is 0 Å². The third-order valence-corrected chi connectivity index (χ3v) is 5.65. The van der Waals surface area contributed by atoms with Crippen LogP contribution in [-0.2, 0) is 15.6 Å². The van der Waals surface area contributed by atoms with Crippen LogP contribution in [0.3, 0.4) is 0 Å². The quantitative estimate of drug-likeness (QED) is 0.811. The van der Waals surface area contributed by atoms with Crippen LogP contribution in [-0.4, -0.2) is 25.8 Å². The Bertz CT molecular complexity index is 257. The third kappa shape index (κ3) is 3.89. The van der Waals surface area contributed by atoms with E-state index in [9.17, 15) is 9.00 Å². The number of aliphatic carboxylic acids is 1. The molecule has 0 heterocycles. The molecule has 1 aliphatic rings. The van der Waals surface area contributed by atoms with E-state index in [2.05, 4.69) is 6.92 Å². The first-order valence-corrected chi connectivity index (χ1v) is 7.43. The van der Waals surface area contributed by atoms with Crippen molar-refractivity contribution in [1.82, 2.24) is 0 Å². The largest absolute Gasteiger partial charge is 0.481 e. The fourth-order valence-corrected chi connectivity index (χ4v) is 4.13. The van der Waals surface area contributed by atoms with Crippen LogP contribution in [0.1, 0.15) is 52.4 Å². The summed E-state index contributed by atoms with van der Waals surface area (Å²) in [5.41, 5.74) is 0. The molecule has 1 fully saturated rings. The van der Waals surface area contributed by atoms with Gasteiger partial charge >= 0.3 is 5.97 Å². The second kappa shape index (κ2) is 6.38. The van der Waals surface area contributed by atoms with Gasteiger partial charge in [0, 0.05) is 21.3 Å². The standard InChI is InChI=1S/C12H22O3S/c1-3-10-4-6-11(7-5-10)16(15)9(2)8-12(13)14/h9-11H,3-8H2,1-2H3,(H,13,14). The molecule has 1 N–H and O–H groups in total. The van der Waals surface area contributed by atoms with Crippen LogP contribution in [0.4, 0.5) is 0 Å². The summed E-state index contributed by atoms with van der Waals surface area (Å²) >= 11 is 0. The van der Waals surface area contributed by atoms with Gasteiger partial charge in [0.25, 0.3) is 0 Å². The van der Waals surface area contributed by atoms with Gasteiger partial charge in [-0.25, -0.2) is 0 Å². The number of hydrogen-bond donors (Lipinski definition) is 1. The number of carbonyl (C=O) groups is 1. The minimum absolute atomic E-state index is 0.0281. The average Bonchev–Trinajstić information content (AvgIpc) is 2.27. The molecule has 3 nitrogen and oxygen atoms in total. The van der Waals surface area contributed by atoms with Gasteiger partial charge < -0.3 is 5.11 Å². The molecule has 1 saturated carbocycles. The summed E-state index contributed by atoms with van der Waals surface area (Å²) in [7, 11) is -0.970. The molecule has 0 saturated heterocycles. The van der Waals surface area contributed by atoms with Crippen LogP contribution in [0.5, 0.6) is 0 Å². The zero-order chi connectivity index (χ0) is 12.1. The Kier molecular flexibility index (Phi) is 5.46. The Morgan fingerprint density at radius 2 is 1.94 bits per heavy atom. The fourth-order valence-electron chi connectivity index (χ4n) is 2.43. The summed E-state index contributed by atoms with van der Waals surface area (Å²) in [5.74, 6) is -0.0499. The third-order valence-electron chi connectivity index (χ3n) is 3.56. The number of hydrogen-bond acceptors (Lipinski definition) is 2. The van der Waals surface area contributed by atoms with E-state index < -0.39 is 16.8 Å². The van der Waals surface area contributed by atoms with Gasteiger partial charge in [-0.1, -0.05) is 20.3 Å². The Morgan fingerprint density at radius 3 is 2.38 bits per heavy atom. The highest BCUT2D eigenvalue weighted by Crippen LogP contribution is 2.30. The molecule has 94 valence electrons. The molecule has 0 aliphatic heterocycles. The fraction of sp³-hybridized carbons (Fsp3) is 0.917. The van der Waals surface area contributed by atoms with Gasteiger partial charge in [-0.3, -0.25) is 9.00 Å². The molecule has 0 spiro atoms. The Labute approximate surface area is 100 Å². The molecule has 0 bridgehead atoms. The second-order valence-electron chi connectivity index (χ2n) is 4.79. The summed E-state index contributed by atoms with van der Waals surface area (Å²) in [6.45, 7) is 3.99. The predicted molar refractivity (Wildman–Crippen MR) is 65.9 cm³/mol. The summed E-state index contributed by atoms with van der Waals surface area (Å²) < 4.78 is 12.1. The van der Waals surface area contributed by atoms with Crippen molar-refractivity contribution >= 4 is 16.8 Å². The average molecular weight is 246 g/mol. The normalized spacial score (nSPS) is 29.6. The topological polar surface area (TPSA) is 54.4 Å². The minimum atomic E-state index is -0.970. The maximum Gasteiger partial charge on any atom is 0.304 e. The van der Waals surface area contributed by atoms with Gasteiger partial charge in [0.2, 0.25) is 0 Å². The van der Waals surface area contributed by atoms with Gasteiger partial charge in [-0.2, -0.15) is 0 Å². The zero-order valence-corrected chi connectivity index (χ0v) is 11.0. The van der Waals surface area contributed by atoms with Crippen molar-refractivity contribution in [2.75, 3.05) is 0 Å². The van der Waals surface area contributed by atoms with Crippen LogP contribution in [0.2, 0.25) is 0 Å². The van der Waals surface area contributed by atoms with Crippen LogP contribution >= 0.6 is 0 Å². The molecule has 1 rings (SSSR count). The van der Waals surface area contributed by atoms with E-state index in [1.54, 1.807) is 6.92 Å². The summed E-state index contributed by atoms with van der Waals surface area (Å²) in [6.07, 6.45) is 5.58. The van der Waals surface area contributed by atoms with Crippen LogP contribution in [0.15, 0.2) is 0 Å². The SMILES string of the molecule is CCC1CCC(S(=O)C(C)CC(=O)O)CC1. The first kappa shape index (κ1) is 13.7. The first-order chi connectivity index (χ1) is 7.54. The molecular weight excluding hydrogens is 224 g/mol. The van der Waals surface area contributed by atoms with Crippen molar-refractivity contribution in [2.45, 2.75) is 62.9 Å². The van der Waals surface area contributed by atoms with Gasteiger partial charge in [-0.05, 0) is 31.6 Å². The number of carboxylic acids is 1. The lowest BCUT2D eigenvalue weighted by atomic mass is 9.87. The maximum absolute atomic E-state index is 12.1. The Hall–Kier alpha value is -0.380. The van der Waals surface area contributed by atoms with E-state index in [1.807, 2.05) is 0 Å². The molecule has 1 aliphatic carbocycles. The second-order valence-corrected chi connectivity index (χ2v) is 6.92. The highest BCUT2D eigenvalue weighted by atomic mass is 32.2. The molecular formula is C12H22O3S. The summed E-state index contributed by atoms with van der Waals surface area (Å²) in [6, 6.07) is 0. The van der Waals surface area contributed by atoms with E-state index in [0.29, 0.717) is 0 Å². The van der Waals surface area contributed by atoms with Crippen molar-refractivity contribution in [3.63, 3.8) is 0 Å². The smallest absolute Gasteiger partial charge is 0.304 e. The Balaban J connectivity index is 2.40. The molecule has 0 radical (unpaired) electrons. The van der Waals surface area contributed by atoms with E-state index in [4.69, 9.17) is 5.11 Å². The molecule has 4 heteroatoms. The van der Waals surface area contributed by atoms with Crippen molar-refractivity contribution in [3.05, 3.63) is 0 Å². The molecule has 2 atom stereocenters. The molecule has 16 heavy (non-hydrogen) atoms. The van der Waals surface area contributed by atoms with Gasteiger partial charge in [0.05, 0.1) is 6.42 Å². The van der Waals surface area contributed by atoms with E-state index in [-0.39, 0.29) is 16.9 Å². The van der Waals surface area contributed by atoms with Crippen LogP contribution in [0.25, 0.3) is 0 Å². The Morgan fingerprint density at radius 1 is 1.38 bits per heavy atom. The maximum atomic E-state index is 12.1. The van der Waals surface area contributed by atoms with E-state index >= 15 is 0 Å². The zero-order valence-electron chi connectivity index (χ0n) is 10.1. The minimum Gasteiger partial charge on any atom is -0.481 e. The van der Waals surface area contributed by atoms with Crippen molar-refractivity contribution in [3.8, 4) is 0 Å². The number of rotatable bonds is 5.